The van der Waals surface area contributed by atoms with Crippen molar-refractivity contribution < 1.29 is 0 Å². The van der Waals surface area contributed by atoms with Gasteiger partial charge in [0.15, 0.2) is 0 Å². The normalized spacial score (nSPS) is 9.00. The highest BCUT2D eigenvalue weighted by molar-refractivity contribution is 7.80. The Hall–Kier alpha value is -2.22. The summed E-state index contributed by atoms with van der Waals surface area (Å²) >= 11 is 4.08. The second kappa shape index (κ2) is 8.81. The molecule has 0 fully saturated rings. The van der Waals surface area contributed by atoms with Crippen LogP contribution >= 0.6 is 12.6 Å². The van der Waals surface area contributed by atoms with Crippen LogP contribution in [-0.2, 0) is 6.54 Å². The molecule has 0 aliphatic carbocycles. The molecule has 3 N–H and O–H groups in total. The number of terminal acetylenes is 1. The number of fused-ring (bicyclic) bond motifs is 1. The Bertz CT molecular complexity index is 611. The van der Waals surface area contributed by atoms with Gasteiger partial charge in [0.1, 0.15) is 0 Å². The van der Waals surface area contributed by atoms with Gasteiger partial charge in [-0.15, -0.1) is 25.5 Å². The molecule has 0 unspecified atom stereocenters. The average molecular weight is 283 g/mol. The van der Waals surface area contributed by atoms with E-state index in [1.807, 2.05) is 48.7 Å². The number of nitrogens with one attached hydrogen (secondary N) is 1. The van der Waals surface area contributed by atoms with Crippen LogP contribution in [0.2, 0.25) is 0 Å². The number of nitrogens with zero attached hydrogens (tertiary/aromatic N) is 1. The first-order valence-corrected chi connectivity index (χ1v) is 6.43. The highest BCUT2D eigenvalue weighted by Gasteiger charge is 1.96. The van der Waals surface area contributed by atoms with E-state index in [-0.39, 0.29) is 0 Å². The van der Waals surface area contributed by atoms with Crippen LogP contribution in [0.1, 0.15) is 5.69 Å². The first-order valence-electron chi connectivity index (χ1n) is 5.98. The minimum atomic E-state index is 0.550. The second-order valence-corrected chi connectivity index (χ2v) is 4.31. The van der Waals surface area contributed by atoms with Crippen LogP contribution < -0.4 is 5.73 Å². The molecule has 0 atom stereocenters. The maximum Gasteiger partial charge on any atom is 0.0487 e. The molecule has 1 aromatic carbocycles. The Labute approximate surface area is 124 Å². The molecule has 20 heavy (non-hydrogen) atoms. The standard InChI is InChI=1S/C8H9N3.C6H6S.C2H2/c9-4-7-3-6-5-10-2-1-8(6)11-7;7-6-4-2-1-3-5-6;1-2/h1-3,5,11H,4,9H2;1-5,7H;1-2H. The first kappa shape index (κ1) is 15.8. The number of H-pyrrole nitrogens is 1. The molecule has 4 heteroatoms. The van der Waals surface area contributed by atoms with Crippen molar-refractivity contribution in [2.45, 2.75) is 11.4 Å². The average Bonchev–Trinajstić information content (AvgIpc) is 2.94. The van der Waals surface area contributed by atoms with Gasteiger partial charge in [-0.05, 0) is 24.3 Å². The van der Waals surface area contributed by atoms with Gasteiger partial charge in [0, 0.05) is 40.4 Å². The Morgan fingerprint density at radius 1 is 1.15 bits per heavy atom. The third-order valence-electron chi connectivity index (χ3n) is 2.45. The van der Waals surface area contributed by atoms with Crippen molar-refractivity contribution >= 4 is 23.5 Å². The Kier molecular flexibility index (Phi) is 6.97. The number of aromatic nitrogens is 2. The van der Waals surface area contributed by atoms with Crippen molar-refractivity contribution in [1.29, 1.82) is 0 Å². The lowest BCUT2D eigenvalue weighted by Gasteiger charge is -1.85. The van der Waals surface area contributed by atoms with Crippen LogP contribution in [0.4, 0.5) is 0 Å². The Morgan fingerprint density at radius 3 is 2.35 bits per heavy atom. The van der Waals surface area contributed by atoms with Gasteiger partial charge in [-0.2, -0.15) is 0 Å². The predicted octanol–water partition coefficient (Wildman–Crippen LogP) is 3.25. The molecule has 0 amide bonds. The van der Waals surface area contributed by atoms with E-state index in [2.05, 4.69) is 35.4 Å². The molecule has 3 rings (SSSR count). The van der Waals surface area contributed by atoms with E-state index in [1.54, 1.807) is 6.20 Å². The number of nitrogens with two attached hydrogens (primary N) is 1. The Balaban J connectivity index is 0.000000193. The lowest BCUT2D eigenvalue weighted by molar-refractivity contribution is 1.02. The summed E-state index contributed by atoms with van der Waals surface area (Å²) in [5, 5.41) is 1.12. The molecule has 0 spiro atoms. The monoisotopic (exact) mass is 283 g/mol. The lowest BCUT2D eigenvalue weighted by Crippen LogP contribution is -1.94. The number of hydrogen-bond acceptors (Lipinski definition) is 3. The molecule has 0 aliphatic heterocycles. The van der Waals surface area contributed by atoms with Gasteiger partial charge in [0.25, 0.3) is 0 Å². The van der Waals surface area contributed by atoms with Gasteiger partial charge in [-0.1, -0.05) is 18.2 Å². The number of benzene rings is 1. The van der Waals surface area contributed by atoms with Gasteiger partial charge in [0.2, 0.25) is 0 Å². The van der Waals surface area contributed by atoms with E-state index in [0.29, 0.717) is 6.54 Å². The third-order valence-corrected chi connectivity index (χ3v) is 2.75. The number of pyridine rings is 1. The van der Waals surface area contributed by atoms with Crippen molar-refractivity contribution in [3.05, 3.63) is 60.6 Å². The number of aromatic amines is 1. The molecule has 3 aromatic rings. The van der Waals surface area contributed by atoms with Crippen LogP contribution in [0.15, 0.2) is 59.8 Å². The van der Waals surface area contributed by atoms with Crippen molar-refractivity contribution in [3.63, 3.8) is 0 Å². The minimum absolute atomic E-state index is 0.550. The summed E-state index contributed by atoms with van der Waals surface area (Å²) in [5.41, 5.74) is 7.61. The fourth-order valence-electron chi connectivity index (χ4n) is 1.57. The van der Waals surface area contributed by atoms with E-state index in [9.17, 15) is 0 Å². The van der Waals surface area contributed by atoms with Gasteiger partial charge < -0.3 is 10.7 Å². The molecule has 102 valence electrons. The summed E-state index contributed by atoms with van der Waals surface area (Å²) in [6, 6.07) is 13.7. The molecule has 0 saturated heterocycles. The SMILES string of the molecule is C#C.NCc1cc2cnccc2[nH]1.Sc1ccccc1. The second-order valence-electron chi connectivity index (χ2n) is 3.80. The van der Waals surface area contributed by atoms with Crippen molar-refractivity contribution in [1.82, 2.24) is 9.97 Å². The molecular formula is C16H17N3S. The maximum absolute atomic E-state index is 5.46. The smallest absolute Gasteiger partial charge is 0.0487 e. The molecule has 0 aliphatic rings. The topological polar surface area (TPSA) is 54.7 Å². The van der Waals surface area contributed by atoms with Crippen LogP contribution in [0.25, 0.3) is 10.9 Å². The zero-order valence-corrected chi connectivity index (χ0v) is 11.9. The van der Waals surface area contributed by atoms with Gasteiger partial charge in [-0.25, -0.2) is 0 Å². The third kappa shape index (κ3) is 4.81. The number of hydrogen-bond donors (Lipinski definition) is 3. The van der Waals surface area contributed by atoms with Crippen molar-refractivity contribution in [2.24, 2.45) is 5.73 Å². The van der Waals surface area contributed by atoms with Gasteiger partial charge >= 0.3 is 0 Å². The van der Waals surface area contributed by atoms with Gasteiger partial charge in [-0.3, -0.25) is 4.98 Å². The summed E-state index contributed by atoms with van der Waals surface area (Å²) in [7, 11) is 0. The summed E-state index contributed by atoms with van der Waals surface area (Å²) in [5.74, 6) is 0. The summed E-state index contributed by atoms with van der Waals surface area (Å²) in [6.07, 6.45) is 11.6. The number of rotatable bonds is 1. The van der Waals surface area contributed by atoms with E-state index in [0.717, 1.165) is 21.5 Å². The zero-order valence-electron chi connectivity index (χ0n) is 11.0. The highest BCUT2D eigenvalue weighted by atomic mass is 32.1. The molecule has 3 nitrogen and oxygen atoms in total. The van der Waals surface area contributed by atoms with Crippen LogP contribution in [0.3, 0.4) is 0 Å². The summed E-state index contributed by atoms with van der Waals surface area (Å²) in [4.78, 5) is 8.20. The molecule has 0 radical (unpaired) electrons. The number of thiol groups is 1. The predicted molar refractivity (Wildman–Crippen MR) is 87.6 cm³/mol. The molecule has 2 aromatic heterocycles. The van der Waals surface area contributed by atoms with E-state index < -0.39 is 0 Å². The maximum atomic E-state index is 5.46. The molecule has 2 heterocycles. The zero-order chi connectivity index (χ0) is 14.8. The fourth-order valence-corrected chi connectivity index (χ4v) is 1.74. The van der Waals surface area contributed by atoms with Crippen molar-refractivity contribution in [3.8, 4) is 12.8 Å². The summed E-state index contributed by atoms with van der Waals surface area (Å²) in [6.45, 7) is 0.550. The van der Waals surface area contributed by atoms with Crippen molar-refractivity contribution in [2.75, 3.05) is 0 Å². The largest absolute Gasteiger partial charge is 0.357 e. The molecule has 0 bridgehead atoms. The lowest BCUT2D eigenvalue weighted by atomic mass is 10.3. The van der Waals surface area contributed by atoms with Crippen LogP contribution in [0, 0.1) is 12.8 Å². The van der Waals surface area contributed by atoms with Gasteiger partial charge in [0.05, 0.1) is 0 Å². The quantitative estimate of drug-likeness (QED) is 0.474. The van der Waals surface area contributed by atoms with E-state index in [4.69, 9.17) is 5.73 Å². The van der Waals surface area contributed by atoms with Crippen LogP contribution in [-0.4, -0.2) is 9.97 Å². The Morgan fingerprint density at radius 2 is 1.85 bits per heavy atom. The molecule has 0 saturated carbocycles. The summed E-state index contributed by atoms with van der Waals surface area (Å²) < 4.78 is 0. The van der Waals surface area contributed by atoms with Crippen LogP contribution in [0.5, 0.6) is 0 Å². The highest BCUT2D eigenvalue weighted by Crippen LogP contribution is 2.12. The first-order chi connectivity index (χ1) is 9.79. The van der Waals surface area contributed by atoms with E-state index in [1.165, 1.54) is 0 Å². The van der Waals surface area contributed by atoms with E-state index >= 15 is 0 Å². The minimum Gasteiger partial charge on any atom is -0.357 e. The molecular weight excluding hydrogens is 266 g/mol. The fraction of sp³-hybridized carbons (Fsp3) is 0.0625.